The summed E-state index contributed by atoms with van der Waals surface area (Å²) in [4.78, 5) is 8.89. The monoisotopic (exact) mass is 504 g/mol. The molecule has 0 atom stereocenters. The molecular formula is C19H29IN4O2S. The molecule has 0 saturated carbocycles. The first-order valence-corrected chi connectivity index (χ1v) is 9.55. The Balaban J connectivity index is 0.00000364. The number of hydrogen-bond donors (Lipinski definition) is 2. The number of benzene rings is 1. The van der Waals surface area contributed by atoms with Gasteiger partial charge in [-0.05, 0) is 30.0 Å². The molecule has 2 aromatic rings. The Morgan fingerprint density at radius 2 is 1.93 bits per heavy atom. The molecule has 2 rings (SSSR count). The molecule has 6 nitrogen and oxygen atoms in total. The minimum absolute atomic E-state index is 0. The Morgan fingerprint density at radius 1 is 1.19 bits per heavy atom. The number of nitrogens with zero attached hydrogens (tertiary/aromatic N) is 2. The van der Waals surface area contributed by atoms with Crippen LogP contribution in [-0.4, -0.2) is 38.8 Å². The molecule has 8 heteroatoms. The minimum atomic E-state index is 0. The van der Waals surface area contributed by atoms with Crippen molar-refractivity contribution in [3.05, 3.63) is 39.8 Å². The molecule has 0 amide bonds. The van der Waals surface area contributed by atoms with E-state index >= 15 is 0 Å². The summed E-state index contributed by atoms with van der Waals surface area (Å²) in [6, 6.07) is 5.97. The Bertz CT molecular complexity index is 734. The van der Waals surface area contributed by atoms with E-state index in [1.165, 1.54) is 5.56 Å². The number of guanidine groups is 1. The fourth-order valence-corrected chi connectivity index (χ4v) is 3.31. The van der Waals surface area contributed by atoms with Gasteiger partial charge in [-0.15, -0.1) is 35.3 Å². The van der Waals surface area contributed by atoms with Gasteiger partial charge in [0, 0.05) is 19.0 Å². The van der Waals surface area contributed by atoms with Crippen molar-refractivity contribution in [2.75, 3.05) is 27.8 Å². The first kappa shape index (κ1) is 23.5. The zero-order chi connectivity index (χ0) is 18.9. The molecule has 1 heterocycles. The van der Waals surface area contributed by atoms with E-state index in [1.54, 1.807) is 32.6 Å². The summed E-state index contributed by atoms with van der Waals surface area (Å²) in [5.74, 6) is 2.72. The van der Waals surface area contributed by atoms with Crippen molar-refractivity contribution in [1.82, 2.24) is 15.6 Å². The maximum absolute atomic E-state index is 5.34. The van der Waals surface area contributed by atoms with Crippen molar-refractivity contribution < 1.29 is 9.47 Å². The predicted octanol–water partition coefficient (Wildman–Crippen LogP) is 3.81. The number of hydrogen-bond acceptors (Lipinski definition) is 5. The van der Waals surface area contributed by atoms with Crippen LogP contribution in [-0.2, 0) is 13.0 Å². The quantitative estimate of drug-likeness (QED) is 0.325. The topological polar surface area (TPSA) is 67.8 Å². The third-order valence-electron chi connectivity index (χ3n) is 3.95. The average molecular weight is 504 g/mol. The zero-order valence-electron chi connectivity index (χ0n) is 16.5. The number of ether oxygens (including phenoxy) is 2. The Kier molecular flexibility index (Phi) is 10.5. The van der Waals surface area contributed by atoms with Crippen molar-refractivity contribution in [1.29, 1.82) is 0 Å². The van der Waals surface area contributed by atoms with E-state index in [0.29, 0.717) is 12.5 Å². The lowest BCUT2D eigenvalue weighted by Gasteiger charge is -2.12. The summed E-state index contributed by atoms with van der Waals surface area (Å²) in [6.45, 7) is 5.75. The number of rotatable bonds is 8. The lowest BCUT2D eigenvalue weighted by atomic mass is 10.1. The molecule has 2 N–H and O–H groups in total. The van der Waals surface area contributed by atoms with Crippen LogP contribution in [0.15, 0.2) is 28.6 Å². The predicted molar refractivity (Wildman–Crippen MR) is 123 cm³/mol. The fourth-order valence-electron chi connectivity index (χ4n) is 2.41. The van der Waals surface area contributed by atoms with Gasteiger partial charge >= 0.3 is 0 Å². The molecule has 0 bridgehead atoms. The van der Waals surface area contributed by atoms with E-state index in [1.807, 2.05) is 18.2 Å². The average Bonchev–Trinajstić information content (AvgIpc) is 3.13. The van der Waals surface area contributed by atoms with E-state index in [4.69, 9.17) is 9.47 Å². The molecule has 1 aromatic carbocycles. The molecule has 0 unspecified atom stereocenters. The zero-order valence-corrected chi connectivity index (χ0v) is 19.7. The molecule has 0 aliphatic heterocycles. The van der Waals surface area contributed by atoms with Crippen LogP contribution in [0.3, 0.4) is 0 Å². The van der Waals surface area contributed by atoms with Crippen LogP contribution in [0.4, 0.5) is 0 Å². The first-order chi connectivity index (χ1) is 12.6. The van der Waals surface area contributed by atoms with E-state index in [9.17, 15) is 0 Å². The summed E-state index contributed by atoms with van der Waals surface area (Å²) in [7, 11) is 5.06. The fraction of sp³-hybridized carbons (Fsp3) is 0.474. The highest BCUT2D eigenvalue weighted by Crippen LogP contribution is 2.27. The van der Waals surface area contributed by atoms with Gasteiger partial charge in [0.1, 0.15) is 5.01 Å². The van der Waals surface area contributed by atoms with Gasteiger partial charge in [-0.25, -0.2) is 4.98 Å². The Morgan fingerprint density at radius 3 is 2.52 bits per heavy atom. The Hall–Kier alpha value is -1.55. The number of nitrogens with one attached hydrogen (secondary N) is 2. The normalized spacial score (nSPS) is 11.1. The van der Waals surface area contributed by atoms with E-state index in [2.05, 4.69) is 39.8 Å². The molecule has 0 radical (unpaired) electrons. The Labute approximate surface area is 182 Å². The second-order valence-corrected chi connectivity index (χ2v) is 7.06. The summed E-state index contributed by atoms with van der Waals surface area (Å²) in [6.07, 6.45) is 0.857. The van der Waals surface area contributed by atoms with Gasteiger partial charge in [-0.2, -0.15) is 0 Å². The number of halogens is 1. The van der Waals surface area contributed by atoms with Crippen LogP contribution in [0.5, 0.6) is 11.5 Å². The van der Waals surface area contributed by atoms with Gasteiger partial charge < -0.3 is 20.1 Å². The van der Waals surface area contributed by atoms with Gasteiger partial charge in [0.2, 0.25) is 0 Å². The molecule has 0 spiro atoms. The van der Waals surface area contributed by atoms with E-state index in [0.717, 1.165) is 41.1 Å². The molecule has 0 fully saturated rings. The van der Waals surface area contributed by atoms with E-state index < -0.39 is 0 Å². The summed E-state index contributed by atoms with van der Waals surface area (Å²) in [5.41, 5.74) is 2.32. The third kappa shape index (κ3) is 7.17. The van der Waals surface area contributed by atoms with Crippen LogP contribution in [0.25, 0.3) is 0 Å². The standard InChI is InChI=1S/C19H28N4O2S.HI/c1-13(2)15-12-26-18(23-15)11-22-19(20-3)21-9-8-14-6-7-16(24-4)17(10-14)25-5;/h6-7,10,12-13H,8-9,11H2,1-5H3,(H2,20,21,22);1H. The maximum atomic E-state index is 5.34. The second-order valence-electron chi connectivity index (χ2n) is 6.11. The van der Waals surface area contributed by atoms with Crippen LogP contribution in [0.2, 0.25) is 0 Å². The van der Waals surface area contributed by atoms with Gasteiger partial charge in [0.15, 0.2) is 17.5 Å². The lowest BCUT2D eigenvalue weighted by Crippen LogP contribution is -2.37. The maximum Gasteiger partial charge on any atom is 0.191 e. The van der Waals surface area contributed by atoms with Gasteiger partial charge in [-0.1, -0.05) is 19.9 Å². The van der Waals surface area contributed by atoms with Crippen molar-refractivity contribution >= 4 is 41.3 Å². The second kappa shape index (κ2) is 12.0. The lowest BCUT2D eigenvalue weighted by molar-refractivity contribution is 0.354. The smallest absolute Gasteiger partial charge is 0.191 e. The molecule has 27 heavy (non-hydrogen) atoms. The van der Waals surface area contributed by atoms with Gasteiger partial charge in [-0.3, -0.25) is 4.99 Å². The van der Waals surface area contributed by atoms with Crippen molar-refractivity contribution in [2.45, 2.75) is 32.7 Å². The van der Waals surface area contributed by atoms with Crippen LogP contribution < -0.4 is 20.1 Å². The van der Waals surface area contributed by atoms with Crippen LogP contribution in [0, 0.1) is 0 Å². The molecule has 0 aliphatic carbocycles. The molecule has 150 valence electrons. The highest BCUT2D eigenvalue weighted by Gasteiger charge is 2.07. The highest BCUT2D eigenvalue weighted by molar-refractivity contribution is 14.0. The molecule has 0 saturated heterocycles. The van der Waals surface area contributed by atoms with Crippen molar-refractivity contribution in [3.63, 3.8) is 0 Å². The number of thiazole rings is 1. The van der Waals surface area contributed by atoms with Crippen molar-refractivity contribution in [3.8, 4) is 11.5 Å². The SMILES string of the molecule is CN=C(NCCc1ccc(OC)c(OC)c1)NCc1nc(C(C)C)cs1.I. The number of aromatic nitrogens is 1. The number of aliphatic imine (C=N–C) groups is 1. The summed E-state index contributed by atoms with van der Waals surface area (Å²) in [5, 5.41) is 9.82. The minimum Gasteiger partial charge on any atom is -0.493 e. The largest absolute Gasteiger partial charge is 0.493 e. The van der Waals surface area contributed by atoms with Crippen LogP contribution in [0.1, 0.15) is 36.0 Å². The first-order valence-electron chi connectivity index (χ1n) is 8.67. The van der Waals surface area contributed by atoms with Crippen LogP contribution >= 0.6 is 35.3 Å². The van der Waals surface area contributed by atoms with Crippen molar-refractivity contribution in [2.24, 2.45) is 4.99 Å². The van der Waals surface area contributed by atoms with Gasteiger partial charge in [0.25, 0.3) is 0 Å². The number of methoxy groups -OCH3 is 2. The summed E-state index contributed by atoms with van der Waals surface area (Å²) >= 11 is 1.68. The van der Waals surface area contributed by atoms with Gasteiger partial charge in [0.05, 0.1) is 26.5 Å². The van der Waals surface area contributed by atoms with E-state index in [-0.39, 0.29) is 24.0 Å². The molecule has 0 aliphatic rings. The molecule has 1 aromatic heterocycles. The molecular weight excluding hydrogens is 475 g/mol. The summed E-state index contributed by atoms with van der Waals surface area (Å²) < 4.78 is 10.6. The highest BCUT2D eigenvalue weighted by atomic mass is 127. The third-order valence-corrected chi connectivity index (χ3v) is 4.81.